The number of carbonyl (C=O) groups excluding carboxylic acids is 2. The number of aromatic nitrogens is 3. The molecule has 0 aliphatic carbocycles. The van der Waals surface area contributed by atoms with Gasteiger partial charge in [0.2, 0.25) is 5.91 Å². The molecular weight excluding hydrogens is 380 g/mol. The van der Waals surface area contributed by atoms with Crippen LogP contribution >= 0.6 is 0 Å². The van der Waals surface area contributed by atoms with Gasteiger partial charge in [0.25, 0.3) is 5.91 Å². The van der Waals surface area contributed by atoms with Gasteiger partial charge in [-0.05, 0) is 48.5 Å². The Morgan fingerprint density at radius 1 is 0.800 bits per heavy atom. The number of benzene rings is 2. The third-order valence-corrected chi connectivity index (χ3v) is 4.26. The Morgan fingerprint density at radius 2 is 1.57 bits per heavy atom. The zero-order valence-electron chi connectivity index (χ0n) is 16.1. The summed E-state index contributed by atoms with van der Waals surface area (Å²) in [6.45, 7) is 1.45. The van der Waals surface area contributed by atoms with E-state index in [1.165, 1.54) is 6.92 Å². The topological polar surface area (TPSA) is 109 Å². The molecule has 0 fully saturated rings. The molecule has 30 heavy (non-hydrogen) atoms. The zero-order valence-corrected chi connectivity index (χ0v) is 16.1. The molecule has 0 unspecified atom stereocenters. The van der Waals surface area contributed by atoms with Crippen molar-refractivity contribution < 1.29 is 9.59 Å². The molecule has 0 bridgehead atoms. The van der Waals surface area contributed by atoms with Crippen molar-refractivity contribution in [1.82, 2.24) is 15.2 Å². The highest BCUT2D eigenvalue weighted by atomic mass is 16.2. The number of para-hydroxylation sites is 1. The van der Waals surface area contributed by atoms with E-state index in [-0.39, 0.29) is 17.5 Å². The van der Waals surface area contributed by atoms with Crippen molar-refractivity contribution in [3.05, 3.63) is 78.6 Å². The number of fused-ring (bicyclic) bond motifs is 1. The van der Waals surface area contributed by atoms with Crippen molar-refractivity contribution >= 4 is 45.6 Å². The van der Waals surface area contributed by atoms with Crippen LogP contribution in [0.5, 0.6) is 0 Å². The van der Waals surface area contributed by atoms with Crippen molar-refractivity contribution in [3.8, 4) is 0 Å². The Labute approximate surface area is 172 Å². The van der Waals surface area contributed by atoms with Gasteiger partial charge in [-0.25, -0.2) is 0 Å². The number of anilines is 4. The lowest BCUT2D eigenvalue weighted by atomic mass is 10.2. The summed E-state index contributed by atoms with van der Waals surface area (Å²) >= 11 is 0. The number of nitrogens with zero attached hydrogens (tertiary/aromatic N) is 3. The SMILES string of the molecule is CC(=O)Nc1ccc(Nc2ccc(C(=O)Nc3cccc4cccnc34)nn2)cc1. The second-order valence-corrected chi connectivity index (χ2v) is 6.52. The molecule has 0 aliphatic heterocycles. The van der Waals surface area contributed by atoms with Crippen molar-refractivity contribution in [3.63, 3.8) is 0 Å². The van der Waals surface area contributed by atoms with Crippen molar-refractivity contribution in [2.45, 2.75) is 6.92 Å². The monoisotopic (exact) mass is 398 g/mol. The van der Waals surface area contributed by atoms with Gasteiger partial charge in [-0.15, -0.1) is 10.2 Å². The molecule has 2 heterocycles. The minimum atomic E-state index is -0.369. The minimum Gasteiger partial charge on any atom is -0.339 e. The van der Waals surface area contributed by atoms with Gasteiger partial charge in [0.15, 0.2) is 11.5 Å². The van der Waals surface area contributed by atoms with Crippen LogP contribution in [0.3, 0.4) is 0 Å². The summed E-state index contributed by atoms with van der Waals surface area (Å²) in [6.07, 6.45) is 1.68. The lowest BCUT2D eigenvalue weighted by Gasteiger charge is -2.09. The highest BCUT2D eigenvalue weighted by Gasteiger charge is 2.11. The second kappa shape index (κ2) is 8.36. The van der Waals surface area contributed by atoms with Gasteiger partial charge in [-0.2, -0.15) is 0 Å². The maximum atomic E-state index is 12.6. The maximum absolute atomic E-state index is 12.6. The van der Waals surface area contributed by atoms with Gasteiger partial charge >= 0.3 is 0 Å². The van der Waals surface area contributed by atoms with E-state index in [1.807, 2.05) is 24.3 Å². The molecule has 8 nitrogen and oxygen atoms in total. The summed E-state index contributed by atoms with van der Waals surface area (Å²) in [4.78, 5) is 28.0. The largest absolute Gasteiger partial charge is 0.339 e. The fraction of sp³-hybridized carbons (Fsp3) is 0.0455. The third-order valence-electron chi connectivity index (χ3n) is 4.26. The van der Waals surface area contributed by atoms with Crippen LogP contribution in [0.4, 0.5) is 22.9 Å². The first kappa shape index (κ1) is 19.0. The number of rotatable bonds is 5. The van der Waals surface area contributed by atoms with Gasteiger partial charge < -0.3 is 16.0 Å². The lowest BCUT2D eigenvalue weighted by molar-refractivity contribution is -0.114. The van der Waals surface area contributed by atoms with Crippen LogP contribution < -0.4 is 16.0 Å². The molecule has 2 amide bonds. The Morgan fingerprint density at radius 3 is 2.30 bits per heavy atom. The van der Waals surface area contributed by atoms with E-state index in [2.05, 4.69) is 31.1 Å². The fourth-order valence-electron chi connectivity index (χ4n) is 2.90. The molecular formula is C22H18N6O2. The van der Waals surface area contributed by atoms with E-state index in [1.54, 1.807) is 48.7 Å². The summed E-state index contributed by atoms with van der Waals surface area (Å²) in [6, 6.07) is 19.8. The molecule has 3 N–H and O–H groups in total. The van der Waals surface area contributed by atoms with E-state index < -0.39 is 0 Å². The first-order chi connectivity index (χ1) is 14.6. The molecule has 0 radical (unpaired) electrons. The molecule has 0 saturated carbocycles. The minimum absolute atomic E-state index is 0.130. The fourth-order valence-corrected chi connectivity index (χ4v) is 2.90. The van der Waals surface area contributed by atoms with Gasteiger partial charge in [-0.3, -0.25) is 14.6 Å². The van der Waals surface area contributed by atoms with E-state index in [0.29, 0.717) is 22.7 Å². The Bertz CT molecular complexity index is 1200. The van der Waals surface area contributed by atoms with E-state index in [0.717, 1.165) is 11.1 Å². The number of pyridine rings is 1. The van der Waals surface area contributed by atoms with E-state index in [4.69, 9.17) is 0 Å². The number of amides is 2. The molecule has 148 valence electrons. The third kappa shape index (κ3) is 4.39. The Balaban J connectivity index is 1.44. The van der Waals surface area contributed by atoms with E-state index in [9.17, 15) is 9.59 Å². The van der Waals surface area contributed by atoms with Crippen LogP contribution in [0.1, 0.15) is 17.4 Å². The quantitative estimate of drug-likeness (QED) is 0.469. The van der Waals surface area contributed by atoms with Crippen LogP contribution in [0, 0.1) is 0 Å². The second-order valence-electron chi connectivity index (χ2n) is 6.52. The molecule has 4 aromatic rings. The van der Waals surface area contributed by atoms with Crippen LogP contribution in [0.25, 0.3) is 10.9 Å². The normalized spacial score (nSPS) is 10.4. The molecule has 0 aliphatic rings. The summed E-state index contributed by atoms with van der Waals surface area (Å²) in [7, 11) is 0. The van der Waals surface area contributed by atoms with Gasteiger partial charge in [-0.1, -0.05) is 18.2 Å². The van der Waals surface area contributed by atoms with Crippen LogP contribution in [0.2, 0.25) is 0 Å². The molecule has 2 aromatic carbocycles. The number of hydrogen-bond donors (Lipinski definition) is 3. The highest BCUT2D eigenvalue weighted by molar-refractivity contribution is 6.07. The number of hydrogen-bond acceptors (Lipinski definition) is 6. The highest BCUT2D eigenvalue weighted by Crippen LogP contribution is 2.21. The summed E-state index contributed by atoms with van der Waals surface area (Å²) in [5.74, 6) is -0.00718. The predicted octanol–water partition coefficient (Wildman–Crippen LogP) is 3.98. The van der Waals surface area contributed by atoms with Crippen LogP contribution in [-0.2, 0) is 4.79 Å². The first-order valence-electron chi connectivity index (χ1n) is 9.22. The predicted molar refractivity (Wildman–Crippen MR) is 116 cm³/mol. The van der Waals surface area contributed by atoms with Crippen molar-refractivity contribution in [1.29, 1.82) is 0 Å². The maximum Gasteiger partial charge on any atom is 0.276 e. The van der Waals surface area contributed by atoms with Crippen molar-refractivity contribution in [2.75, 3.05) is 16.0 Å². The molecule has 8 heteroatoms. The van der Waals surface area contributed by atoms with Crippen LogP contribution in [0.15, 0.2) is 72.9 Å². The summed E-state index contributed by atoms with van der Waals surface area (Å²) in [5, 5.41) is 17.6. The Kier molecular flexibility index (Phi) is 5.29. The summed E-state index contributed by atoms with van der Waals surface area (Å²) < 4.78 is 0. The van der Waals surface area contributed by atoms with Gasteiger partial charge in [0.1, 0.15) is 0 Å². The van der Waals surface area contributed by atoms with Gasteiger partial charge in [0, 0.05) is 29.9 Å². The first-order valence-corrected chi connectivity index (χ1v) is 9.22. The Hall–Kier alpha value is -4.33. The zero-order chi connectivity index (χ0) is 20.9. The lowest BCUT2D eigenvalue weighted by Crippen LogP contribution is -2.15. The average Bonchev–Trinajstić information content (AvgIpc) is 2.75. The molecule has 4 rings (SSSR count). The molecule has 0 saturated heterocycles. The molecule has 2 aromatic heterocycles. The standard InChI is InChI=1S/C22H18N6O2/c1-14(29)24-16-7-9-17(10-8-16)25-20-12-11-19(27-28-20)22(30)26-18-6-2-4-15-5-3-13-23-21(15)18/h2-13H,1H3,(H,24,29)(H,25,28)(H,26,30). The molecule has 0 atom stereocenters. The average molecular weight is 398 g/mol. The van der Waals surface area contributed by atoms with E-state index >= 15 is 0 Å². The molecule has 0 spiro atoms. The van der Waals surface area contributed by atoms with Gasteiger partial charge in [0.05, 0.1) is 11.2 Å². The number of nitrogens with one attached hydrogen (secondary N) is 3. The van der Waals surface area contributed by atoms with Crippen molar-refractivity contribution in [2.24, 2.45) is 0 Å². The summed E-state index contributed by atoms with van der Waals surface area (Å²) in [5.41, 5.74) is 2.99. The smallest absolute Gasteiger partial charge is 0.276 e. The number of carbonyl (C=O) groups is 2. The van der Waals surface area contributed by atoms with Crippen LogP contribution in [-0.4, -0.2) is 27.0 Å².